The Bertz CT molecular complexity index is 1350. The molecule has 2 aromatic carbocycles. The molecule has 0 unspecified atom stereocenters. The maximum atomic E-state index is 13.2. The number of amides is 4. The van der Waals surface area contributed by atoms with E-state index in [0.717, 1.165) is 4.90 Å². The van der Waals surface area contributed by atoms with Crippen molar-refractivity contribution in [3.8, 4) is 11.5 Å². The monoisotopic (exact) mass is 433 g/mol. The summed E-state index contributed by atoms with van der Waals surface area (Å²) in [6, 6.07) is 10.7. The molecule has 3 heterocycles. The third-order valence-electron chi connectivity index (χ3n) is 5.14. The first-order chi connectivity index (χ1) is 15.4. The van der Waals surface area contributed by atoms with Crippen LogP contribution in [0.25, 0.3) is 17.0 Å². The second-order valence-corrected chi connectivity index (χ2v) is 7.12. The minimum atomic E-state index is -1.03. The maximum Gasteiger partial charge on any atom is 0.335 e. The van der Waals surface area contributed by atoms with Crippen LogP contribution in [0.5, 0.6) is 11.5 Å². The molecule has 2 aliphatic rings. The molecule has 0 aliphatic carbocycles. The number of rotatable bonds is 4. The number of nitrogens with zero attached hydrogens (tertiary/aromatic N) is 2. The number of fused-ring (bicyclic) bond motifs is 2. The van der Waals surface area contributed by atoms with Crippen LogP contribution in [0.1, 0.15) is 5.56 Å². The Kier molecular flexibility index (Phi) is 4.40. The van der Waals surface area contributed by atoms with E-state index in [4.69, 9.17) is 9.47 Å². The van der Waals surface area contributed by atoms with Crippen LogP contribution in [0.4, 0.5) is 10.5 Å². The van der Waals surface area contributed by atoms with E-state index in [1.165, 1.54) is 22.8 Å². The lowest BCUT2D eigenvalue weighted by Gasteiger charge is -2.26. The molecular formula is C22H15N3O7. The third-order valence-corrected chi connectivity index (χ3v) is 5.14. The number of ether oxygens (including phenoxy) is 2. The second kappa shape index (κ2) is 7.27. The number of carboxylic acid groups (broad SMARTS) is 1. The predicted molar refractivity (Wildman–Crippen MR) is 111 cm³/mol. The number of nitrogens with one attached hydrogen (secondary N) is 1. The number of carbonyl (C=O) groups is 4. The van der Waals surface area contributed by atoms with Crippen LogP contribution >= 0.6 is 0 Å². The molecule has 0 atom stereocenters. The van der Waals surface area contributed by atoms with Crippen LogP contribution in [0.15, 0.2) is 54.2 Å². The molecular weight excluding hydrogens is 418 g/mol. The van der Waals surface area contributed by atoms with Gasteiger partial charge in [0.2, 0.25) is 6.79 Å². The number of anilines is 1. The SMILES string of the molecule is O=C(O)Cn1cc(C=C2C(=O)NC(=O)N(c3ccc4c(c3)OCO4)C2=O)c2ccccc21. The van der Waals surface area contributed by atoms with Crippen LogP contribution in [0.3, 0.4) is 0 Å². The van der Waals surface area contributed by atoms with Crippen molar-refractivity contribution in [2.45, 2.75) is 6.54 Å². The number of urea groups is 1. The number of para-hydroxylation sites is 1. The summed E-state index contributed by atoms with van der Waals surface area (Å²) in [6.45, 7) is -0.255. The van der Waals surface area contributed by atoms with E-state index in [1.54, 1.807) is 36.5 Å². The fraction of sp³-hybridized carbons (Fsp3) is 0.0909. The number of carbonyl (C=O) groups excluding carboxylic acids is 3. The fourth-order valence-electron chi connectivity index (χ4n) is 3.74. The lowest BCUT2D eigenvalue weighted by molar-refractivity contribution is -0.137. The molecule has 10 nitrogen and oxygen atoms in total. The average Bonchev–Trinajstić information content (AvgIpc) is 3.35. The van der Waals surface area contributed by atoms with E-state index in [2.05, 4.69) is 5.32 Å². The number of barbiturate groups is 1. The number of hydrogen-bond acceptors (Lipinski definition) is 6. The van der Waals surface area contributed by atoms with Gasteiger partial charge in [-0.05, 0) is 24.3 Å². The predicted octanol–water partition coefficient (Wildman–Crippen LogP) is 2.12. The van der Waals surface area contributed by atoms with Crippen LogP contribution in [-0.4, -0.2) is 40.3 Å². The summed E-state index contributed by atoms with van der Waals surface area (Å²) in [7, 11) is 0. The van der Waals surface area contributed by atoms with Crippen LogP contribution in [-0.2, 0) is 20.9 Å². The largest absolute Gasteiger partial charge is 0.480 e. The normalized spacial score (nSPS) is 16.7. The van der Waals surface area contributed by atoms with Crippen molar-refractivity contribution in [1.82, 2.24) is 9.88 Å². The van der Waals surface area contributed by atoms with E-state index in [1.807, 2.05) is 0 Å². The van der Waals surface area contributed by atoms with E-state index < -0.39 is 23.8 Å². The third kappa shape index (κ3) is 3.14. The molecule has 32 heavy (non-hydrogen) atoms. The molecule has 2 N–H and O–H groups in total. The number of carboxylic acids is 1. The van der Waals surface area contributed by atoms with E-state index in [9.17, 15) is 24.3 Å². The minimum Gasteiger partial charge on any atom is -0.480 e. The van der Waals surface area contributed by atoms with Crippen LogP contribution in [0, 0.1) is 0 Å². The lowest BCUT2D eigenvalue weighted by Crippen LogP contribution is -2.54. The molecule has 0 bridgehead atoms. The van der Waals surface area contributed by atoms with Crippen molar-refractivity contribution >= 4 is 46.5 Å². The molecule has 0 spiro atoms. The van der Waals surface area contributed by atoms with Crippen molar-refractivity contribution in [2.24, 2.45) is 0 Å². The van der Waals surface area contributed by atoms with Gasteiger partial charge in [-0.1, -0.05) is 18.2 Å². The molecule has 0 saturated carbocycles. The summed E-state index contributed by atoms with van der Waals surface area (Å²) < 4.78 is 12.1. The van der Waals surface area contributed by atoms with Gasteiger partial charge in [0.05, 0.1) is 5.69 Å². The number of benzene rings is 2. The van der Waals surface area contributed by atoms with Crippen molar-refractivity contribution in [1.29, 1.82) is 0 Å². The van der Waals surface area contributed by atoms with Crippen molar-refractivity contribution in [3.05, 3.63) is 59.8 Å². The summed E-state index contributed by atoms with van der Waals surface area (Å²) in [6.07, 6.45) is 2.90. The number of aliphatic carboxylic acids is 1. The summed E-state index contributed by atoms with van der Waals surface area (Å²) in [4.78, 5) is 50.2. The average molecular weight is 433 g/mol. The first kappa shape index (κ1) is 19.4. The maximum absolute atomic E-state index is 13.2. The molecule has 160 valence electrons. The fourth-order valence-corrected chi connectivity index (χ4v) is 3.74. The van der Waals surface area contributed by atoms with Gasteiger partial charge >= 0.3 is 12.0 Å². The topological polar surface area (TPSA) is 127 Å². The van der Waals surface area contributed by atoms with Gasteiger partial charge in [-0.3, -0.25) is 19.7 Å². The Morgan fingerprint density at radius 1 is 1.09 bits per heavy atom. The first-order valence-corrected chi connectivity index (χ1v) is 9.53. The van der Waals surface area contributed by atoms with Gasteiger partial charge in [-0.2, -0.15) is 0 Å². The number of aromatic nitrogens is 1. The van der Waals surface area contributed by atoms with Crippen molar-refractivity contribution < 1.29 is 33.8 Å². The second-order valence-electron chi connectivity index (χ2n) is 7.12. The highest BCUT2D eigenvalue weighted by atomic mass is 16.7. The molecule has 0 radical (unpaired) electrons. The van der Waals surface area contributed by atoms with Gasteiger partial charge < -0.3 is 19.1 Å². The molecule has 5 rings (SSSR count). The standard InChI is InChI=1S/C22H15N3O7/c26-19(27)10-24-9-12(14-3-1-2-4-16(14)24)7-15-20(28)23-22(30)25(21(15)29)13-5-6-17-18(8-13)32-11-31-17/h1-9H,10-11H2,(H,26,27)(H,23,28,30). The Morgan fingerprint density at radius 3 is 2.69 bits per heavy atom. The summed E-state index contributed by atoms with van der Waals surface area (Å²) >= 11 is 0. The van der Waals surface area contributed by atoms with E-state index in [-0.39, 0.29) is 24.6 Å². The number of hydrogen-bond donors (Lipinski definition) is 2. The van der Waals surface area contributed by atoms with E-state index in [0.29, 0.717) is 28.0 Å². The molecule has 1 aromatic heterocycles. The quantitative estimate of drug-likeness (QED) is 0.477. The molecule has 4 amide bonds. The van der Waals surface area contributed by atoms with E-state index >= 15 is 0 Å². The smallest absolute Gasteiger partial charge is 0.335 e. The van der Waals surface area contributed by atoms with Crippen molar-refractivity contribution in [3.63, 3.8) is 0 Å². The molecule has 10 heteroatoms. The Labute approximate surface area is 180 Å². The summed E-state index contributed by atoms with van der Waals surface area (Å²) in [5.74, 6) is -1.82. The molecule has 1 fully saturated rings. The van der Waals surface area contributed by atoms with Gasteiger partial charge in [-0.15, -0.1) is 0 Å². The van der Waals surface area contributed by atoms with Crippen LogP contribution in [0.2, 0.25) is 0 Å². The van der Waals surface area contributed by atoms with Crippen molar-refractivity contribution in [2.75, 3.05) is 11.7 Å². The first-order valence-electron chi connectivity index (χ1n) is 9.53. The van der Waals surface area contributed by atoms with Gasteiger partial charge in [0.15, 0.2) is 11.5 Å². The highest BCUT2D eigenvalue weighted by Gasteiger charge is 2.37. The zero-order valence-corrected chi connectivity index (χ0v) is 16.4. The molecule has 3 aromatic rings. The van der Waals surface area contributed by atoms with Gasteiger partial charge in [0.1, 0.15) is 12.1 Å². The summed E-state index contributed by atoms with van der Waals surface area (Å²) in [5, 5.41) is 12.0. The minimum absolute atomic E-state index is 0.0307. The highest BCUT2D eigenvalue weighted by molar-refractivity contribution is 6.39. The van der Waals surface area contributed by atoms with Gasteiger partial charge in [0, 0.05) is 28.7 Å². The van der Waals surface area contributed by atoms with Gasteiger partial charge in [-0.25, -0.2) is 9.69 Å². The van der Waals surface area contributed by atoms with Crippen LogP contribution < -0.4 is 19.7 Å². The zero-order chi connectivity index (χ0) is 22.4. The number of imide groups is 2. The Morgan fingerprint density at radius 2 is 1.88 bits per heavy atom. The molecule has 1 saturated heterocycles. The Balaban J connectivity index is 1.57. The van der Waals surface area contributed by atoms with Gasteiger partial charge in [0.25, 0.3) is 11.8 Å². The zero-order valence-electron chi connectivity index (χ0n) is 16.4. The molecule has 2 aliphatic heterocycles. The lowest BCUT2D eigenvalue weighted by atomic mass is 10.1. The highest BCUT2D eigenvalue weighted by Crippen LogP contribution is 2.36. The summed E-state index contributed by atoms with van der Waals surface area (Å²) in [5.41, 5.74) is 1.05. The Hall–Kier alpha value is -4.60.